The molecule has 210 valence electrons. The fourth-order valence-corrected chi connectivity index (χ4v) is 5.64. The first-order valence-corrected chi connectivity index (χ1v) is 14.1. The summed E-state index contributed by atoms with van der Waals surface area (Å²) >= 11 is 12.8. The lowest BCUT2D eigenvalue weighted by molar-refractivity contribution is 0.0745. The van der Waals surface area contributed by atoms with Gasteiger partial charge in [-0.05, 0) is 36.1 Å². The van der Waals surface area contributed by atoms with Gasteiger partial charge in [-0.3, -0.25) is 4.79 Å². The maximum atomic E-state index is 13.6. The van der Waals surface area contributed by atoms with Gasteiger partial charge in [0.15, 0.2) is 0 Å². The number of aryl methyl sites for hydroxylation is 1. The van der Waals surface area contributed by atoms with Gasteiger partial charge in [-0.25, -0.2) is 4.98 Å². The topological polar surface area (TPSA) is 92.7 Å². The number of benzene rings is 2. The lowest BCUT2D eigenvalue weighted by Gasteiger charge is -2.34. The molecule has 0 aliphatic carbocycles. The highest BCUT2D eigenvalue weighted by molar-refractivity contribution is 6.39. The van der Waals surface area contributed by atoms with E-state index in [0.717, 1.165) is 11.3 Å². The first kappa shape index (κ1) is 27.2. The van der Waals surface area contributed by atoms with E-state index in [1.807, 2.05) is 6.07 Å². The SMILES string of the molecule is Cc1onc(-c2c(Cl)cccc2Cl)c1C(=O)N1CCN(c2nc3nccc(-c4ccc(C(C)(C)C)cc4)n3n2)CC1. The monoisotopic (exact) mass is 589 g/mol. The van der Waals surface area contributed by atoms with Gasteiger partial charge in [0.2, 0.25) is 5.95 Å². The fourth-order valence-electron chi connectivity index (χ4n) is 5.06. The van der Waals surface area contributed by atoms with Crippen LogP contribution in [0.15, 0.2) is 59.3 Å². The van der Waals surface area contributed by atoms with Crippen LogP contribution in [0.2, 0.25) is 10.0 Å². The summed E-state index contributed by atoms with van der Waals surface area (Å²) in [4.78, 5) is 26.6. The van der Waals surface area contributed by atoms with Gasteiger partial charge in [-0.2, -0.15) is 9.50 Å². The maximum absolute atomic E-state index is 13.6. The summed E-state index contributed by atoms with van der Waals surface area (Å²) in [6.07, 6.45) is 1.75. The van der Waals surface area contributed by atoms with Crippen LogP contribution < -0.4 is 4.90 Å². The molecule has 0 N–H and O–H groups in total. The van der Waals surface area contributed by atoms with Crippen LogP contribution in [0.3, 0.4) is 0 Å². The molecule has 1 aliphatic rings. The number of hydrogen-bond acceptors (Lipinski definition) is 7. The van der Waals surface area contributed by atoms with E-state index in [1.54, 1.807) is 40.7 Å². The van der Waals surface area contributed by atoms with Crippen molar-refractivity contribution in [2.24, 2.45) is 0 Å². The van der Waals surface area contributed by atoms with E-state index in [1.165, 1.54) is 5.56 Å². The fraction of sp³-hybridized carbons (Fsp3) is 0.300. The molecule has 5 aromatic rings. The zero-order valence-corrected chi connectivity index (χ0v) is 24.7. The summed E-state index contributed by atoms with van der Waals surface area (Å²) < 4.78 is 7.19. The van der Waals surface area contributed by atoms with Gasteiger partial charge in [0.05, 0.1) is 15.7 Å². The molecule has 0 atom stereocenters. The second-order valence-corrected chi connectivity index (χ2v) is 11.9. The molecule has 1 saturated heterocycles. The lowest BCUT2D eigenvalue weighted by Crippen LogP contribution is -2.49. The van der Waals surface area contributed by atoms with Crippen molar-refractivity contribution in [3.05, 3.63) is 81.7 Å². The molecule has 41 heavy (non-hydrogen) atoms. The Hall–Kier alpha value is -3.95. The molecular formula is C30H29Cl2N7O2. The second kappa shape index (κ2) is 10.5. The predicted molar refractivity (Wildman–Crippen MR) is 160 cm³/mol. The molecule has 3 aromatic heterocycles. The highest BCUT2D eigenvalue weighted by Gasteiger charge is 2.31. The van der Waals surface area contributed by atoms with Crippen LogP contribution in [-0.4, -0.2) is 61.7 Å². The third-order valence-corrected chi connectivity index (χ3v) is 8.03. The van der Waals surface area contributed by atoms with Crippen molar-refractivity contribution in [1.29, 1.82) is 0 Å². The molecule has 2 aromatic carbocycles. The molecule has 0 saturated carbocycles. The minimum Gasteiger partial charge on any atom is -0.360 e. The molecule has 0 radical (unpaired) electrons. The number of amides is 1. The molecule has 9 nitrogen and oxygen atoms in total. The van der Waals surface area contributed by atoms with Crippen LogP contribution in [-0.2, 0) is 5.41 Å². The van der Waals surface area contributed by atoms with Gasteiger partial charge in [-0.1, -0.05) is 79.5 Å². The van der Waals surface area contributed by atoms with Crippen molar-refractivity contribution in [3.63, 3.8) is 0 Å². The Morgan fingerprint density at radius 2 is 1.63 bits per heavy atom. The third kappa shape index (κ3) is 5.04. The van der Waals surface area contributed by atoms with Gasteiger partial charge in [0, 0.05) is 43.5 Å². The molecule has 1 aliphatic heterocycles. The van der Waals surface area contributed by atoms with Crippen LogP contribution >= 0.6 is 23.2 Å². The highest BCUT2D eigenvalue weighted by atomic mass is 35.5. The highest BCUT2D eigenvalue weighted by Crippen LogP contribution is 2.37. The predicted octanol–water partition coefficient (Wildman–Crippen LogP) is 6.32. The van der Waals surface area contributed by atoms with Crippen LogP contribution in [0.5, 0.6) is 0 Å². The van der Waals surface area contributed by atoms with E-state index in [4.69, 9.17) is 37.8 Å². The molecular weight excluding hydrogens is 561 g/mol. The van der Waals surface area contributed by atoms with E-state index in [9.17, 15) is 4.79 Å². The number of carbonyl (C=O) groups excluding carboxylic acids is 1. The van der Waals surface area contributed by atoms with Crippen LogP contribution in [0, 0.1) is 6.92 Å². The summed E-state index contributed by atoms with van der Waals surface area (Å²) in [6.45, 7) is 10.4. The first-order valence-electron chi connectivity index (χ1n) is 13.4. The minimum atomic E-state index is -0.181. The quantitative estimate of drug-likeness (QED) is 0.242. The Morgan fingerprint density at radius 1 is 0.951 bits per heavy atom. The Morgan fingerprint density at radius 3 is 2.29 bits per heavy atom. The van der Waals surface area contributed by atoms with Crippen molar-refractivity contribution in [2.45, 2.75) is 33.1 Å². The summed E-state index contributed by atoms with van der Waals surface area (Å²) in [6, 6.07) is 15.6. The van der Waals surface area contributed by atoms with Crippen LogP contribution in [0.1, 0.15) is 42.5 Å². The zero-order chi connectivity index (χ0) is 28.9. The summed E-state index contributed by atoms with van der Waals surface area (Å²) in [5.74, 6) is 1.34. The molecule has 1 fully saturated rings. The first-order chi connectivity index (χ1) is 19.6. The number of piperazine rings is 1. The second-order valence-electron chi connectivity index (χ2n) is 11.1. The number of rotatable bonds is 4. The molecule has 6 rings (SSSR count). The molecule has 0 bridgehead atoms. The molecule has 4 heterocycles. The van der Waals surface area contributed by atoms with Crippen molar-refractivity contribution < 1.29 is 9.32 Å². The zero-order valence-electron chi connectivity index (χ0n) is 23.2. The Kier molecular flexibility index (Phi) is 6.95. The number of fused-ring (bicyclic) bond motifs is 1. The Labute approximate surface area is 247 Å². The van der Waals surface area contributed by atoms with Crippen molar-refractivity contribution in [3.8, 4) is 22.5 Å². The molecule has 1 amide bonds. The van der Waals surface area contributed by atoms with E-state index in [0.29, 0.717) is 70.5 Å². The van der Waals surface area contributed by atoms with Gasteiger partial charge in [0.1, 0.15) is 17.0 Å². The van der Waals surface area contributed by atoms with Crippen LogP contribution in [0.4, 0.5) is 5.95 Å². The Bertz CT molecular complexity index is 1730. The number of nitrogens with zero attached hydrogens (tertiary/aromatic N) is 7. The Balaban J connectivity index is 1.21. The van der Waals surface area contributed by atoms with Crippen molar-refractivity contribution in [1.82, 2.24) is 29.6 Å². The molecule has 11 heteroatoms. The standard InChI is InChI=1S/C30H29Cl2N7O2/c1-18-24(26(36-41-18)25-21(31)6-5-7-22(25)32)27(40)37-14-16-38(17-15-37)29-34-28-33-13-12-23(39(28)35-29)19-8-10-20(11-9-19)30(2,3)4/h5-13H,14-17H2,1-4H3. The third-order valence-electron chi connectivity index (χ3n) is 7.40. The minimum absolute atomic E-state index is 0.0755. The molecule has 0 unspecified atom stereocenters. The van der Waals surface area contributed by atoms with Gasteiger partial charge in [0.25, 0.3) is 11.7 Å². The average molecular weight is 591 g/mol. The van der Waals surface area contributed by atoms with Gasteiger partial charge in [-0.15, -0.1) is 5.10 Å². The average Bonchev–Trinajstić information content (AvgIpc) is 3.56. The summed E-state index contributed by atoms with van der Waals surface area (Å²) in [5.41, 5.74) is 4.49. The van der Waals surface area contributed by atoms with Gasteiger partial charge < -0.3 is 14.3 Å². The van der Waals surface area contributed by atoms with E-state index in [-0.39, 0.29) is 11.3 Å². The number of carbonyl (C=O) groups is 1. The normalized spacial score (nSPS) is 14.2. The maximum Gasteiger partial charge on any atom is 0.259 e. The lowest BCUT2D eigenvalue weighted by atomic mass is 9.86. The van der Waals surface area contributed by atoms with Gasteiger partial charge >= 0.3 is 0 Å². The number of anilines is 1. The van der Waals surface area contributed by atoms with Crippen molar-refractivity contribution >= 4 is 40.8 Å². The number of hydrogen-bond donors (Lipinski definition) is 0. The van der Waals surface area contributed by atoms with Crippen LogP contribution in [0.25, 0.3) is 28.3 Å². The number of aromatic nitrogens is 5. The van der Waals surface area contributed by atoms with E-state index < -0.39 is 0 Å². The number of halogens is 2. The largest absolute Gasteiger partial charge is 0.360 e. The van der Waals surface area contributed by atoms with Crippen molar-refractivity contribution in [2.75, 3.05) is 31.1 Å². The van der Waals surface area contributed by atoms with E-state index in [2.05, 4.69) is 60.1 Å². The summed E-state index contributed by atoms with van der Waals surface area (Å²) in [5, 5.41) is 9.74. The molecule has 0 spiro atoms. The van der Waals surface area contributed by atoms with E-state index >= 15 is 0 Å². The smallest absolute Gasteiger partial charge is 0.259 e. The summed E-state index contributed by atoms with van der Waals surface area (Å²) in [7, 11) is 0.